The largest absolute Gasteiger partial charge is 0.395 e. The highest BCUT2D eigenvalue weighted by Gasteiger charge is 2.23. The standard InChI is InChI=1S/C12H27NO2S/c1-9(7-12(3,4)15-5)13-10(2)11(8-14)16-6/h9-11,13-14H,7-8H2,1-6H3. The van der Waals surface area contributed by atoms with Gasteiger partial charge in [-0.05, 0) is 40.4 Å². The molecule has 0 heterocycles. The molecule has 0 aromatic carbocycles. The maximum atomic E-state index is 9.20. The van der Waals surface area contributed by atoms with Crippen molar-refractivity contribution in [2.45, 2.75) is 57.1 Å². The van der Waals surface area contributed by atoms with E-state index >= 15 is 0 Å². The Hall–Kier alpha value is 0.230. The first kappa shape index (κ1) is 16.2. The van der Waals surface area contributed by atoms with Crippen LogP contribution in [-0.4, -0.2) is 48.0 Å². The van der Waals surface area contributed by atoms with Crippen LogP contribution in [0.4, 0.5) is 0 Å². The van der Waals surface area contributed by atoms with Gasteiger partial charge in [0.25, 0.3) is 0 Å². The molecule has 0 bridgehead atoms. The molecule has 0 aromatic rings. The molecule has 0 aliphatic heterocycles. The summed E-state index contributed by atoms with van der Waals surface area (Å²) in [6.45, 7) is 8.68. The lowest BCUT2D eigenvalue weighted by molar-refractivity contribution is 0.00773. The second-order valence-corrected chi connectivity index (χ2v) is 6.06. The fourth-order valence-corrected chi connectivity index (χ4v) is 2.51. The molecule has 2 N–H and O–H groups in total. The van der Waals surface area contributed by atoms with Crippen LogP contribution in [0.25, 0.3) is 0 Å². The van der Waals surface area contributed by atoms with Gasteiger partial charge in [0, 0.05) is 24.4 Å². The molecule has 0 saturated carbocycles. The van der Waals surface area contributed by atoms with Crippen LogP contribution >= 0.6 is 11.8 Å². The van der Waals surface area contributed by atoms with Gasteiger partial charge in [0.1, 0.15) is 0 Å². The number of thioether (sulfide) groups is 1. The van der Waals surface area contributed by atoms with Crippen molar-refractivity contribution in [2.24, 2.45) is 0 Å². The molecule has 0 aliphatic rings. The van der Waals surface area contributed by atoms with E-state index in [1.54, 1.807) is 18.9 Å². The van der Waals surface area contributed by atoms with E-state index in [1.807, 2.05) is 6.26 Å². The molecule has 0 spiro atoms. The van der Waals surface area contributed by atoms with E-state index in [4.69, 9.17) is 4.74 Å². The molecule has 0 saturated heterocycles. The van der Waals surface area contributed by atoms with E-state index in [2.05, 4.69) is 33.0 Å². The Morgan fingerprint density at radius 2 is 1.94 bits per heavy atom. The van der Waals surface area contributed by atoms with Gasteiger partial charge in [-0.1, -0.05) is 0 Å². The molecule has 3 nitrogen and oxygen atoms in total. The van der Waals surface area contributed by atoms with Gasteiger partial charge in [0.05, 0.1) is 12.2 Å². The van der Waals surface area contributed by atoms with Crippen molar-refractivity contribution in [3.63, 3.8) is 0 Å². The molecule has 0 amide bonds. The van der Waals surface area contributed by atoms with Crippen LogP contribution in [0.1, 0.15) is 34.1 Å². The summed E-state index contributed by atoms with van der Waals surface area (Å²) in [5.41, 5.74) is -0.0970. The molecule has 16 heavy (non-hydrogen) atoms. The van der Waals surface area contributed by atoms with Gasteiger partial charge >= 0.3 is 0 Å². The van der Waals surface area contributed by atoms with Crippen LogP contribution in [0.3, 0.4) is 0 Å². The van der Waals surface area contributed by atoms with Gasteiger partial charge < -0.3 is 15.2 Å². The number of hydrogen-bond acceptors (Lipinski definition) is 4. The maximum absolute atomic E-state index is 9.20. The molecular formula is C12H27NO2S. The number of nitrogens with one attached hydrogen (secondary N) is 1. The van der Waals surface area contributed by atoms with Crippen molar-refractivity contribution >= 4 is 11.8 Å². The Labute approximate surface area is 104 Å². The van der Waals surface area contributed by atoms with Crippen molar-refractivity contribution < 1.29 is 9.84 Å². The minimum Gasteiger partial charge on any atom is -0.395 e. The molecule has 98 valence electrons. The van der Waals surface area contributed by atoms with Crippen molar-refractivity contribution in [3.8, 4) is 0 Å². The first-order valence-corrected chi connectivity index (χ1v) is 7.10. The van der Waals surface area contributed by atoms with Crippen LogP contribution in [-0.2, 0) is 4.74 Å². The number of methoxy groups -OCH3 is 1. The van der Waals surface area contributed by atoms with E-state index < -0.39 is 0 Å². The zero-order valence-corrected chi connectivity index (χ0v) is 12.2. The molecule has 0 rings (SSSR count). The predicted molar refractivity (Wildman–Crippen MR) is 72.2 cm³/mol. The minimum absolute atomic E-state index is 0.0970. The second kappa shape index (κ2) is 7.54. The van der Waals surface area contributed by atoms with Crippen LogP contribution < -0.4 is 5.32 Å². The monoisotopic (exact) mass is 249 g/mol. The predicted octanol–water partition coefficient (Wildman–Crippen LogP) is 1.89. The lowest BCUT2D eigenvalue weighted by Gasteiger charge is -2.31. The molecule has 0 aromatic heterocycles. The summed E-state index contributed by atoms with van der Waals surface area (Å²) in [7, 11) is 1.74. The van der Waals surface area contributed by atoms with Gasteiger partial charge in [-0.25, -0.2) is 0 Å². The Morgan fingerprint density at radius 1 is 1.38 bits per heavy atom. The smallest absolute Gasteiger partial charge is 0.0637 e. The highest BCUT2D eigenvalue weighted by atomic mass is 32.2. The van der Waals surface area contributed by atoms with Crippen LogP contribution in [0, 0.1) is 0 Å². The SMILES string of the molecule is COC(C)(C)CC(C)NC(C)C(CO)SC. The molecule has 0 fully saturated rings. The maximum Gasteiger partial charge on any atom is 0.0637 e. The van der Waals surface area contributed by atoms with Crippen LogP contribution in [0.15, 0.2) is 0 Å². The lowest BCUT2D eigenvalue weighted by Crippen LogP contribution is -2.45. The van der Waals surface area contributed by atoms with Crippen molar-refractivity contribution in [3.05, 3.63) is 0 Å². The summed E-state index contributed by atoms with van der Waals surface area (Å²) in [6.07, 6.45) is 2.99. The fourth-order valence-electron chi connectivity index (χ4n) is 1.87. The quantitative estimate of drug-likeness (QED) is 0.689. The molecule has 4 heteroatoms. The summed E-state index contributed by atoms with van der Waals surface area (Å²) in [5.74, 6) is 0. The van der Waals surface area contributed by atoms with Gasteiger partial charge in [-0.15, -0.1) is 0 Å². The lowest BCUT2D eigenvalue weighted by atomic mass is 9.99. The first-order chi connectivity index (χ1) is 7.36. The normalized spacial score (nSPS) is 18.2. The molecule has 0 aliphatic carbocycles. The molecule has 3 unspecified atom stereocenters. The Morgan fingerprint density at radius 3 is 2.31 bits per heavy atom. The third kappa shape index (κ3) is 6.09. The zero-order chi connectivity index (χ0) is 12.8. The average molecular weight is 249 g/mol. The minimum atomic E-state index is -0.0970. The average Bonchev–Trinajstić information content (AvgIpc) is 2.18. The number of hydrogen-bond donors (Lipinski definition) is 2. The molecular weight excluding hydrogens is 222 g/mol. The van der Waals surface area contributed by atoms with Crippen LogP contribution in [0.2, 0.25) is 0 Å². The molecule has 3 atom stereocenters. The third-order valence-electron chi connectivity index (χ3n) is 2.94. The number of aliphatic hydroxyl groups is 1. The summed E-state index contributed by atoms with van der Waals surface area (Å²) in [5, 5.41) is 13.0. The summed E-state index contributed by atoms with van der Waals surface area (Å²) >= 11 is 1.70. The van der Waals surface area contributed by atoms with Crippen LogP contribution in [0.5, 0.6) is 0 Å². The zero-order valence-electron chi connectivity index (χ0n) is 11.4. The van der Waals surface area contributed by atoms with E-state index in [1.165, 1.54) is 0 Å². The van der Waals surface area contributed by atoms with Crippen molar-refractivity contribution in [2.75, 3.05) is 20.0 Å². The van der Waals surface area contributed by atoms with E-state index in [-0.39, 0.29) is 17.5 Å². The summed E-state index contributed by atoms with van der Waals surface area (Å²) in [4.78, 5) is 0. The number of aliphatic hydroxyl groups excluding tert-OH is 1. The number of ether oxygens (including phenoxy) is 1. The van der Waals surface area contributed by atoms with Gasteiger partial charge in [-0.2, -0.15) is 11.8 Å². The Bertz CT molecular complexity index is 184. The highest BCUT2D eigenvalue weighted by Crippen LogP contribution is 2.17. The number of rotatable bonds is 8. The van der Waals surface area contributed by atoms with Gasteiger partial charge in [0.15, 0.2) is 0 Å². The van der Waals surface area contributed by atoms with E-state index in [9.17, 15) is 5.11 Å². The van der Waals surface area contributed by atoms with Gasteiger partial charge in [0.2, 0.25) is 0 Å². The topological polar surface area (TPSA) is 41.5 Å². The van der Waals surface area contributed by atoms with Gasteiger partial charge in [-0.3, -0.25) is 0 Å². The Balaban J connectivity index is 4.08. The third-order valence-corrected chi connectivity index (χ3v) is 4.10. The Kier molecular flexibility index (Phi) is 7.64. The van der Waals surface area contributed by atoms with Crippen molar-refractivity contribution in [1.82, 2.24) is 5.32 Å². The van der Waals surface area contributed by atoms with Crippen molar-refractivity contribution in [1.29, 1.82) is 0 Å². The van der Waals surface area contributed by atoms with E-state index in [0.29, 0.717) is 12.1 Å². The summed E-state index contributed by atoms with van der Waals surface area (Å²) in [6, 6.07) is 0.689. The summed E-state index contributed by atoms with van der Waals surface area (Å²) < 4.78 is 5.41. The fraction of sp³-hybridized carbons (Fsp3) is 1.00. The van der Waals surface area contributed by atoms with E-state index in [0.717, 1.165) is 6.42 Å². The highest BCUT2D eigenvalue weighted by molar-refractivity contribution is 7.99. The second-order valence-electron chi connectivity index (χ2n) is 4.98. The molecule has 0 radical (unpaired) electrons. The first-order valence-electron chi connectivity index (χ1n) is 5.81.